The van der Waals surface area contributed by atoms with Crippen LogP contribution in [0.2, 0.25) is 0 Å². The van der Waals surface area contributed by atoms with Crippen molar-refractivity contribution >= 4 is 5.97 Å². The first-order valence-electron chi connectivity index (χ1n) is 14.4. The van der Waals surface area contributed by atoms with Crippen molar-refractivity contribution in [2.24, 2.45) is 0 Å². The van der Waals surface area contributed by atoms with Gasteiger partial charge in [0.05, 0.1) is 24.5 Å². The molecule has 0 aliphatic carbocycles. The number of hydrogen-bond donors (Lipinski definition) is 0. The van der Waals surface area contributed by atoms with Gasteiger partial charge >= 0.3 is 12.1 Å². The molecule has 0 saturated carbocycles. The minimum absolute atomic E-state index is 0.0617. The van der Waals surface area contributed by atoms with Crippen molar-refractivity contribution in [3.8, 4) is 28.1 Å². The summed E-state index contributed by atoms with van der Waals surface area (Å²) in [4.78, 5) is 16.9. The van der Waals surface area contributed by atoms with E-state index >= 15 is 0 Å². The van der Waals surface area contributed by atoms with Crippen LogP contribution in [0.5, 0.6) is 5.75 Å². The van der Waals surface area contributed by atoms with E-state index in [1.165, 1.54) is 19.3 Å². The lowest BCUT2D eigenvalue weighted by molar-refractivity contribution is -0.214. The smallest absolute Gasteiger partial charge is 0.414 e. The van der Waals surface area contributed by atoms with E-state index in [-0.39, 0.29) is 13.2 Å². The Balaban J connectivity index is 1.38. The van der Waals surface area contributed by atoms with Gasteiger partial charge in [-0.25, -0.2) is 4.79 Å². The molecular formula is C33H40F3NO4. The molecule has 0 saturated heterocycles. The van der Waals surface area contributed by atoms with E-state index in [0.29, 0.717) is 24.8 Å². The number of ether oxygens (including phenoxy) is 3. The lowest BCUT2D eigenvalue weighted by Gasteiger charge is -2.16. The Morgan fingerprint density at radius 1 is 0.756 bits per heavy atom. The van der Waals surface area contributed by atoms with Gasteiger partial charge in [-0.2, -0.15) is 13.2 Å². The molecule has 0 spiro atoms. The molecule has 5 nitrogen and oxygen atoms in total. The van der Waals surface area contributed by atoms with Crippen LogP contribution in [0.15, 0.2) is 66.9 Å². The van der Waals surface area contributed by atoms with Crippen molar-refractivity contribution in [3.05, 3.63) is 72.4 Å². The van der Waals surface area contributed by atoms with Crippen LogP contribution in [-0.2, 0) is 9.47 Å². The van der Waals surface area contributed by atoms with E-state index in [9.17, 15) is 18.0 Å². The van der Waals surface area contributed by atoms with Crippen LogP contribution in [0.1, 0.15) is 75.6 Å². The Bertz CT molecular complexity index is 1160. The van der Waals surface area contributed by atoms with Gasteiger partial charge in [-0.3, -0.25) is 4.98 Å². The summed E-state index contributed by atoms with van der Waals surface area (Å²) in [6.45, 7) is 4.26. The van der Waals surface area contributed by atoms with Crippen molar-refractivity contribution in [1.82, 2.24) is 4.98 Å². The van der Waals surface area contributed by atoms with E-state index < -0.39 is 18.2 Å². The normalized spacial score (nSPS) is 12.2. The van der Waals surface area contributed by atoms with Crippen LogP contribution in [0.3, 0.4) is 0 Å². The molecule has 0 N–H and O–H groups in total. The fourth-order valence-electron chi connectivity index (χ4n) is 4.14. The number of carbonyl (C=O) groups is 1. The number of aromatic nitrogens is 1. The number of rotatable bonds is 17. The Kier molecular flexibility index (Phi) is 13.1. The van der Waals surface area contributed by atoms with Crippen LogP contribution in [0, 0.1) is 0 Å². The van der Waals surface area contributed by atoms with Gasteiger partial charge in [-0.05, 0) is 68.5 Å². The minimum atomic E-state index is -4.33. The molecule has 222 valence electrons. The first-order chi connectivity index (χ1) is 19.8. The highest BCUT2D eigenvalue weighted by Crippen LogP contribution is 2.25. The van der Waals surface area contributed by atoms with Gasteiger partial charge < -0.3 is 14.2 Å². The summed E-state index contributed by atoms with van der Waals surface area (Å²) in [6, 6.07) is 19.1. The van der Waals surface area contributed by atoms with E-state index in [0.717, 1.165) is 54.5 Å². The van der Waals surface area contributed by atoms with Crippen molar-refractivity contribution < 1.29 is 32.2 Å². The van der Waals surface area contributed by atoms with E-state index in [1.54, 1.807) is 12.1 Å². The monoisotopic (exact) mass is 571 g/mol. The van der Waals surface area contributed by atoms with Crippen molar-refractivity contribution in [3.63, 3.8) is 0 Å². The number of pyridine rings is 1. The lowest BCUT2D eigenvalue weighted by Crippen LogP contribution is -2.28. The zero-order chi connectivity index (χ0) is 29.5. The van der Waals surface area contributed by atoms with Crippen LogP contribution >= 0.6 is 0 Å². The molecule has 0 fully saturated rings. The van der Waals surface area contributed by atoms with Crippen molar-refractivity contribution in [1.29, 1.82) is 0 Å². The third kappa shape index (κ3) is 11.2. The summed E-state index contributed by atoms with van der Waals surface area (Å²) in [5.74, 6) is 0.465. The van der Waals surface area contributed by atoms with Crippen LogP contribution in [0.4, 0.5) is 13.2 Å². The number of unbranched alkanes of at least 4 members (excludes halogenated alkanes) is 6. The first kappa shape index (κ1) is 32.1. The topological polar surface area (TPSA) is 57.7 Å². The van der Waals surface area contributed by atoms with Gasteiger partial charge in [0, 0.05) is 23.9 Å². The van der Waals surface area contributed by atoms with E-state index in [4.69, 9.17) is 14.2 Å². The molecule has 0 aliphatic heterocycles. The standard InChI is InChI=1S/C33H40F3NO4/c1-3-4-5-8-22-40-30-18-15-26(16-19-30)29-17-20-31(37-24-29)27-11-13-28(14-12-27)32(38)41-23-10-7-6-9-21-39-25(2)33(34,35)36/h11-20,24-25H,3-10,21-23H2,1-2H3. The number of halogens is 3. The number of carbonyl (C=O) groups excluding carboxylic acids is 1. The molecule has 3 aromatic rings. The zero-order valence-electron chi connectivity index (χ0n) is 23.9. The van der Waals surface area contributed by atoms with E-state index in [1.807, 2.05) is 54.7 Å². The van der Waals surface area contributed by atoms with Gasteiger partial charge in [0.2, 0.25) is 0 Å². The van der Waals surface area contributed by atoms with Gasteiger partial charge in [0.15, 0.2) is 6.10 Å². The van der Waals surface area contributed by atoms with Crippen LogP contribution < -0.4 is 4.74 Å². The van der Waals surface area contributed by atoms with Crippen molar-refractivity contribution in [2.75, 3.05) is 19.8 Å². The fraction of sp³-hybridized carbons (Fsp3) is 0.455. The third-order valence-electron chi connectivity index (χ3n) is 6.73. The van der Waals surface area contributed by atoms with Gasteiger partial charge in [-0.1, -0.05) is 62.9 Å². The highest BCUT2D eigenvalue weighted by Gasteiger charge is 2.36. The second kappa shape index (κ2) is 16.8. The molecule has 41 heavy (non-hydrogen) atoms. The van der Waals surface area contributed by atoms with E-state index in [2.05, 4.69) is 11.9 Å². The largest absolute Gasteiger partial charge is 0.494 e. The lowest BCUT2D eigenvalue weighted by atomic mass is 10.0. The molecule has 1 aromatic heterocycles. The average molecular weight is 572 g/mol. The molecule has 1 heterocycles. The zero-order valence-corrected chi connectivity index (χ0v) is 23.9. The highest BCUT2D eigenvalue weighted by molar-refractivity contribution is 5.90. The average Bonchev–Trinajstić information content (AvgIpc) is 2.98. The van der Waals surface area contributed by atoms with Gasteiger partial charge in [-0.15, -0.1) is 0 Å². The summed E-state index contributed by atoms with van der Waals surface area (Å²) in [5.41, 5.74) is 4.21. The number of esters is 1. The molecule has 3 rings (SSSR count). The third-order valence-corrected chi connectivity index (χ3v) is 6.73. The molecule has 0 amide bonds. The van der Waals surface area contributed by atoms with Crippen LogP contribution in [0.25, 0.3) is 22.4 Å². The maximum absolute atomic E-state index is 12.4. The number of hydrogen-bond acceptors (Lipinski definition) is 5. The van der Waals surface area contributed by atoms with Gasteiger partial charge in [0.25, 0.3) is 0 Å². The second-order valence-electron chi connectivity index (χ2n) is 10.0. The Morgan fingerprint density at radius 3 is 2.00 bits per heavy atom. The molecule has 0 radical (unpaired) electrons. The quantitative estimate of drug-likeness (QED) is 0.119. The highest BCUT2D eigenvalue weighted by atomic mass is 19.4. The number of benzene rings is 2. The molecular weight excluding hydrogens is 531 g/mol. The summed E-state index contributed by atoms with van der Waals surface area (Å²) in [5, 5.41) is 0. The maximum atomic E-state index is 12.4. The second-order valence-corrected chi connectivity index (χ2v) is 10.0. The molecule has 0 aliphatic rings. The minimum Gasteiger partial charge on any atom is -0.494 e. The predicted octanol–water partition coefficient (Wildman–Crippen LogP) is 9.06. The fourth-order valence-corrected chi connectivity index (χ4v) is 4.14. The Morgan fingerprint density at radius 2 is 1.37 bits per heavy atom. The molecule has 0 bridgehead atoms. The SMILES string of the molecule is CCCCCCOc1ccc(-c2ccc(-c3ccc(C(=O)OCCCCCCOC(C)C(F)(F)F)cc3)nc2)cc1. The molecule has 1 atom stereocenters. The maximum Gasteiger partial charge on any atom is 0.414 e. The molecule has 8 heteroatoms. The Labute approximate surface area is 241 Å². The van der Waals surface area contributed by atoms with Gasteiger partial charge in [0.1, 0.15) is 5.75 Å². The summed E-state index contributed by atoms with van der Waals surface area (Å²) in [7, 11) is 0. The summed E-state index contributed by atoms with van der Waals surface area (Å²) < 4.78 is 53.1. The van der Waals surface area contributed by atoms with Crippen LogP contribution in [-0.4, -0.2) is 43.1 Å². The number of nitrogens with zero attached hydrogens (tertiary/aromatic N) is 1. The summed E-state index contributed by atoms with van der Waals surface area (Å²) in [6.07, 6.45) is 3.10. The predicted molar refractivity (Wildman–Crippen MR) is 155 cm³/mol. The van der Waals surface area contributed by atoms with Crippen molar-refractivity contribution in [2.45, 2.75) is 77.5 Å². The Hall–Kier alpha value is -3.39. The molecule has 1 unspecified atom stereocenters. The number of alkyl halides is 3. The molecule has 2 aromatic carbocycles. The summed E-state index contributed by atoms with van der Waals surface area (Å²) >= 11 is 0. The first-order valence-corrected chi connectivity index (χ1v) is 14.4.